The maximum Gasteiger partial charge on any atom is 0.243 e. The van der Waals surface area contributed by atoms with Crippen LogP contribution in [0.3, 0.4) is 0 Å². The molecule has 0 radical (unpaired) electrons. The van der Waals surface area contributed by atoms with Gasteiger partial charge in [0.05, 0.1) is 25.7 Å². The van der Waals surface area contributed by atoms with Crippen molar-refractivity contribution in [2.75, 3.05) is 37.4 Å². The lowest BCUT2D eigenvalue weighted by molar-refractivity contribution is -0.141. The minimum absolute atomic E-state index is 0.0392. The van der Waals surface area contributed by atoms with E-state index in [1.54, 1.807) is 36.3 Å². The Kier molecular flexibility index (Phi) is 12.2. The molecule has 226 valence electrons. The van der Waals surface area contributed by atoms with Gasteiger partial charge in [-0.25, -0.2) is 8.42 Å². The third kappa shape index (κ3) is 9.24. The van der Waals surface area contributed by atoms with Crippen molar-refractivity contribution >= 4 is 27.5 Å². The van der Waals surface area contributed by atoms with Crippen LogP contribution in [0.4, 0.5) is 5.69 Å². The number of anilines is 1. The smallest absolute Gasteiger partial charge is 0.243 e. The molecule has 0 fully saturated rings. The molecule has 10 heteroatoms. The molecule has 0 bridgehead atoms. The van der Waals surface area contributed by atoms with E-state index in [9.17, 15) is 18.0 Å². The Morgan fingerprint density at radius 3 is 2.29 bits per heavy atom. The largest absolute Gasteiger partial charge is 0.497 e. The van der Waals surface area contributed by atoms with Gasteiger partial charge in [0.2, 0.25) is 21.8 Å². The molecule has 3 aromatic carbocycles. The van der Waals surface area contributed by atoms with Crippen LogP contribution >= 0.6 is 0 Å². The summed E-state index contributed by atoms with van der Waals surface area (Å²) in [7, 11) is -2.09. The summed E-state index contributed by atoms with van der Waals surface area (Å²) >= 11 is 0. The van der Waals surface area contributed by atoms with Gasteiger partial charge in [-0.1, -0.05) is 54.6 Å². The molecule has 0 aliphatic rings. The zero-order valence-corrected chi connectivity index (χ0v) is 25.6. The number of benzene rings is 3. The Morgan fingerprint density at radius 1 is 0.929 bits per heavy atom. The maximum absolute atomic E-state index is 13.9. The third-order valence-electron chi connectivity index (χ3n) is 6.70. The molecule has 0 saturated heterocycles. The van der Waals surface area contributed by atoms with Crippen LogP contribution in [-0.4, -0.2) is 64.2 Å². The van der Waals surface area contributed by atoms with Gasteiger partial charge in [-0.15, -0.1) is 0 Å². The van der Waals surface area contributed by atoms with Gasteiger partial charge >= 0.3 is 0 Å². The predicted octanol–water partition coefficient (Wildman–Crippen LogP) is 4.42. The summed E-state index contributed by atoms with van der Waals surface area (Å²) in [4.78, 5) is 28.9. The number of carbonyl (C=O) groups excluding carboxylic acids is 2. The zero-order valence-electron chi connectivity index (χ0n) is 24.8. The summed E-state index contributed by atoms with van der Waals surface area (Å²) in [6.45, 7) is 4.74. The van der Waals surface area contributed by atoms with Crippen molar-refractivity contribution in [2.24, 2.45) is 0 Å². The Hall–Kier alpha value is -4.05. The number of carbonyl (C=O) groups is 2. The summed E-state index contributed by atoms with van der Waals surface area (Å²) in [6, 6.07) is 23.1. The van der Waals surface area contributed by atoms with Gasteiger partial charge in [-0.2, -0.15) is 0 Å². The number of likely N-dealkylation sites (N-methyl/N-ethyl adjacent to an activating group) is 1. The van der Waals surface area contributed by atoms with Crippen molar-refractivity contribution in [2.45, 2.75) is 45.7 Å². The highest BCUT2D eigenvalue weighted by molar-refractivity contribution is 7.92. The molecule has 42 heavy (non-hydrogen) atoms. The van der Waals surface area contributed by atoms with Crippen LogP contribution in [0, 0.1) is 0 Å². The van der Waals surface area contributed by atoms with Crippen LogP contribution in [0.2, 0.25) is 0 Å². The molecule has 3 rings (SSSR count). The molecule has 1 N–H and O–H groups in total. The van der Waals surface area contributed by atoms with Crippen LogP contribution in [0.1, 0.15) is 37.8 Å². The van der Waals surface area contributed by atoms with Crippen molar-refractivity contribution in [1.29, 1.82) is 0 Å². The van der Waals surface area contributed by atoms with E-state index in [4.69, 9.17) is 9.47 Å². The highest BCUT2D eigenvalue weighted by Crippen LogP contribution is 2.30. The number of rotatable bonds is 16. The quantitative estimate of drug-likeness (QED) is 0.263. The predicted molar refractivity (Wildman–Crippen MR) is 165 cm³/mol. The summed E-state index contributed by atoms with van der Waals surface area (Å²) < 4.78 is 37.9. The molecule has 0 aromatic heterocycles. The second kappa shape index (κ2) is 15.8. The van der Waals surface area contributed by atoms with Crippen molar-refractivity contribution in [3.05, 3.63) is 90.0 Å². The fraction of sp³-hybridized carbons (Fsp3) is 0.375. The van der Waals surface area contributed by atoms with Crippen LogP contribution in [-0.2, 0) is 32.6 Å². The van der Waals surface area contributed by atoms with Crippen molar-refractivity contribution in [3.8, 4) is 11.5 Å². The fourth-order valence-corrected chi connectivity index (χ4v) is 5.71. The van der Waals surface area contributed by atoms with Crippen molar-refractivity contribution < 1.29 is 27.5 Å². The molecule has 1 unspecified atom stereocenters. The average molecular weight is 596 g/mol. The van der Waals surface area contributed by atoms with Gasteiger partial charge in [0.15, 0.2) is 0 Å². The van der Waals surface area contributed by atoms with Crippen LogP contribution in [0.5, 0.6) is 11.5 Å². The fourth-order valence-electron chi connectivity index (χ4n) is 4.74. The first-order valence-electron chi connectivity index (χ1n) is 14.1. The van der Waals surface area contributed by atoms with Crippen LogP contribution in [0.15, 0.2) is 78.9 Å². The number of methoxy groups -OCH3 is 1. The van der Waals surface area contributed by atoms with Crippen LogP contribution in [0.25, 0.3) is 0 Å². The molecule has 2 amide bonds. The van der Waals surface area contributed by atoms with E-state index in [2.05, 4.69) is 5.32 Å². The molecule has 1 atom stereocenters. The van der Waals surface area contributed by atoms with E-state index in [0.29, 0.717) is 36.8 Å². The number of hydrogen-bond donors (Lipinski definition) is 1. The molecule has 3 aromatic rings. The molecule has 0 saturated carbocycles. The normalized spacial score (nSPS) is 11.8. The van der Waals surface area contributed by atoms with E-state index < -0.39 is 16.1 Å². The Balaban J connectivity index is 1.89. The molecule has 0 spiro atoms. The third-order valence-corrected chi connectivity index (χ3v) is 7.88. The maximum atomic E-state index is 13.9. The summed E-state index contributed by atoms with van der Waals surface area (Å²) in [5, 5.41) is 2.88. The Morgan fingerprint density at radius 2 is 1.62 bits per heavy atom. The number of ether oxygens (including phenoxy) is 2. The lowest BCUT2D eigenvalue weighted by Gasteiger charge is -2.32. The second-order valence-electron chi connectivity index (χ2n) is 9.81. The molecule has 0 heterocycles. The molecule has 0 aliphatic carbocycles. The Labute approximate surface area is 249 Å². The molecular weight excluding hydrogens is 554 g/mol. The van der Waals surface area contributed by atoms with Gasteiger partial charge in [0, 0.05) is 32.5 Å². The average Bonchev–Trinajstić information content (AvgIpc) is 2.98. The first-order chi connectivity index (χ1) is 20.2. The lowest BCUT2D eigenvalue weighted by atomic mass is 10.0. The van der Waals surface area contributed by atoms with Gasteiger partial charge in [-0.05, 0) is 55.7 Å². The topological polar surface area (TPSA) is 105 Å². The lowest BCUT2D eigenvalue weighted by Crippen LogP contribution is -2.50. The zero-order chi connectivity index (χ0) is 30.5. The molecule has 9 nitrogen and oxygen atoms in total. The number of para-hydroxylation sites is 2. The van der Waals surface area contributed by atoms with Gasteiger partial charge < -0.3 is 19.7 Å². The standard InChI is InChI=1S/C32H41N3O6S/c1-5-33-32(37)29(23-25-14-8-7-9-15-25)34(24-26-16-12-17-27(22-26)40-3)31(36)20-13-21-35(42(4,38)39)28-18-10-11-19-30(28)41-6-2/h7-12,14-19,22,29H,5-6,13,20-21,23-24H2,1-4H3,(H,33,37). The van der Waals surface area contributed by atoms with Gasteiger partial charge in [0.1, 0.15) is 17.5 Å². The number of sulfonamides is 1. The number of nitrogens with zero attached hydrogens (tertiary/aromatic N) is 2. The van der Waals surface area contributed by atoms with E-state index >= 15 is 0 Å². The SMILES string of the molecule is CCNC(=O)C(Cc1ccccc1)N(Cc1cccc(OC)c1)C(=O)CCCN(c1ccccc1OCC)S(C)(=O)=O. The van der Waals surface area contributed by atoms with E-state index in [1.807, 2.05) is 68.4 Å². The highest BCUT2D eigenvalue weighted by atomic mass is 32.2. The van der Waals surface area contributed by atoms with E-state index in [1.165, 1.54) is 4.31 Å². The number of nitrogens with one attached hydrogen (secondary N) is 1. The molecular formula is C32H41N3O6S. The van der Waals surface area contributed by atoms with E-state index in [0.717, 1.165) is 17.4 Å². The minimum Gasteiger partial charge on any atom is -0.497 e. The highest BCUT2D eigenvalue weighted by Gasteiger charge is 2.30. The van der Waals surface area contributed by atoms with Crippen LogP contribution < -0.4 is 19.1 Å². The molecule has 0 aliphatic heterocycles. The van der Waals surface area contributed by atoms with Crippen molar-refractivity contribution in [3.63, 3.8) is 0 Å². The second-order valence-corrected chi connectivity index (χ2v) is 11.7. The monoisotopic (exact) mass is 595 g/mol. The summed E-state index contributed by atoms with van der Waals surface area (Å²) in [6.07, 6.45) is 1.75. The summed E-state index contributed by atoms with van der Waals surface area (Å²) in [5.41, 5.74) is 2.16. The van der Waals surface area contributed by atoms with Crippen molar-refractivity contribution in [1.82, 2.24) is 10.2 Å². The number of hydrogen-bond acceptors (Lipinski definition) is 6. The first-order valence-corrected chi connectivity index (χ1v) is 16.0. The first kappa shape index (κ1) is 32.5. The number of amides is 2. The minimum atomic E-state index is -3.66. The van der Waals surface area contributed by atoms with Gasteiger partial charge in [0.25, 0.3) is 0 Å². The Bertz CT molecular complexity index is 1410. The van der Waals surface area contributed by atoms with E-state index in [-0.39, 0.29) is 37.7 Å². The van der Waals surface area contributed by atoms with Gasteiger partial charge in [-0.3, -0.25) is 13.9 Å². The summed E-state index contributed by atoms with van der Waals surface area (Å²) in [5.74, 6) is 0.599.